The highest BCUT2D eigenvalue weighted by molar-refractivity contribution is 7.89. The van der Waals surface area contributed by atoms with Crippen LogP contribution in [-0.2, 0) is 26.1 Å². The largest absolute Gasteiger partial charge is 0.468 e. The Balaban J connectivity index is 1.68. The van der Waals surface area contributed by atoms with Crippen LogP contribution in [0.15, 0.2) is 46.3 Å². The fraction of sp³-hybridized carbons (Fsp3) is 0.348. The van der Waals surface area contributed by atoms with Gasteiger partial charge in [-0.2, -0.15) is 9.30 Å². The third-order valence-corrected chi connectivity index (χ3v) is 9.18. The number of fused-ring (bicyclic) bond motifs is 1. The van der Waals surface area contributed by atoms with E-state index in [9.17, 15) is 18.0 Å². The van der Waals surface area contributed by atoms with E-state index in [1.807, 2.05) is 6.92 Å². The second-order valence-corrected chi connectivity index (χ2v) is 12.1. The maximum absolute atomic E-state index is 13.0. The molecule has 0 spiro atoms. The summed E-state index contributed by atoms with van der Waals surface area (Å²) >= 11 is 13.6. The van der Waals surface area contributed by atoms with Gasteiger partial charge in [0.25, 0.3) is 5.91 Å². The maximum Gasteiger partial charge on any atom is 0.325 e. The van der Waals surface area contributed by atoms with E-state index in [0.29, 0.717) is 39.3 Å². The van der Waals surface area contributed by atoms with Crippen molar-refractivity contribution < 1.29 is 22.7 Å². The van der Waals surface area contributed by atoms with Crippen molar-refractivity contribution in [1.29, 1.82) is 0 Å². The van der Waals surface area contributed by atoms with Gasteiger partial charge in [0.1, 0.15) is 6.54 Å². The normalized spacial score (nSPS) is 17.6. The second-order valence-electron chi connectivity index (χ2n) is 8.33. The van der Waals surface area contributed by atoms with Gasteiger partial charge in [-0.3, -0.25) is 9.59 Å². The molecule has 2 heterocycles. The van der Waals surface area contributed by atoms with Gasteiger partial charge in [-0.05, 0) is 55.2 Å². The van der Waals surface area contributed by atoms with Gasteiger partial charge in [0, 0.05) is 23.7 Å². The Morgan fingerprint density at radius 2 is 1.91 bits per heavy atom. The number of ether oxygens (including phenoxy) is 1. The molecule has 1 fully saturated rings. The number of esters is 1. The predicted octanol–water partition coefficient (Wildman–Crippen LogP) is 4.34. The number of halogens is 2. The van der Waals surface area contributed by atoms with Gasteiger partial charge in [0.05, 0.1) is 27.2 Å². The van der Waals surface area contributed by atoms with Crippen molar-refractivity contribution >= 4 is 66.7 Å². The fourth-order valence-electron chi connectivity index (χ4n) is 3.99. The highest BCUT2D eigenvalue weighted by Crippen LogP contribution is 2.30. The average Bonchev–Trinajstić information content (AvgIpc) is 3.15. The predicted molar refractivity (Wildman–Crippen MR) is 135 cm³/mol. The Hall–Kier alpha value is -2.24. The lowest BCUT2D eigenvalue weighted by Gasteiger charge is -2.30. The fourth-order valence-corrected chi connectivity index (χ4v) is 7.40. The third-order valence-electron chi connectivity index (χ3n) is 5.77. The van der Waals surface area contributed by atoms with E-state index in [-0.39, 0.29) is 21.8 Å². The summed E-state index contributed by atoms with van der Waals surface area (Å²) < 4.78 is 34.4. The van der Waals surface area contributed by atoms with Crippen LogP contribution in [-0.4, -0.2) is 49.4 Å². The number of piperidine rings is 1. The Morgan fingerprint density at radius 3 is 2.57 bits per heavy atom. The van der Waals surface area contributed by atoms with Crippen LogP contribution in [0.4, 0.5) is 0 Å². The SMILES string of the molecule is COC(=O)Cn1c(=NC(=O)c2ccc(S(=O)(=O)N3CCCC(C)C3)cc2)sc2cc(Cl)cc(Cl)c21. The van der Waals surface area contributed by atoms with Crippen LogP contribution < -0.4 is 4.80 Å². The van der Waals surface area contributed by atoms with Gasteiger partial charge in [-0.1, -0.05) is 41.5 Å². The van der Waals surface area contributed by atoms with Gasteiger partial charge in [-0.15, -0.1) is 0 Å². The van der Waals surface area contributed by atoms with Crippen LogP contribution in [0, 0.1) is 5.92 Å². The van der Waals surface area contributed by atoms with Crippen LogP contribution in [0.3, 0.4) is 0 Å². The number of hydrogen-bond acceptors (Lipinski definition) is 6. The molecule has 0 N–H and O–H groups in total. The molecule has 0 aliphatic carbocycles. The molecule has 1 saturated heterocycles. The summed E-state index contributed by atoms with van der Waals surface area (Å²) in [5, 5.41) is 0.717. The molecule has 1 unspecified atom stereocenters. The van der Waals surface area contributed by atoms with E-state index in [4.69, 9.17) is 27.9 Å². The molecule has 1 atom stereocenters. The topological polar surface area (TPSA) is 98.0 Å². The van der Waals surface area contributed by atoms with E-state index in [1.54, 1.807) is 12.1 Å². The summed E-state index contributed by atoms with van der Waals surface area (Å²) in [5.74, 6) is -0.821. The third kappa shape index (κ3) is 5.46. The zero-order valence-corrected chi connectivity index (χ0v) is 22.2. The maximum atomic E-state index is 13.0. The van der Waals surface area contributed by atoms with E-state index in [1.165, 1.54) is 40.2 Å². The minimum atomic E-state index is -3.63. The Morgan fingerprint density at radius 1 is 1.20 bits per heavy atom. The number of methoxy groups -OCH3 is 1. The molecular weight excluding hydrogens is 533 g/mol. The highest BCUT2D eigenvalue weighted by Gasteiger charge is 2.28. The van der Waals surface area contributed by atoms with Crippen molar-refractivity contribution in [1.82, 2.24) is 8.87 Å². The summed E-state index contributed by atoms with van der Waals surface area (Å²) in [5.41, 5.74) is 0.720. The first-order valence-corrected chi connectivity index (χ1v) is 13.9. The van der Waals surface area contributed by atoms with Gasteiger partial charge in [-0.25, -0.2) is 8.42 Å². The first-order valence-electron chi connectivity index (χ1n) is 10.8. The number of thiazole rings is 1. The summed E-state index contributed by atoms with van der Waals surface area (Å²) in [6.45, 7) is 2.81. The van der Waals surface area contributed by atoms with E-state index >= 15 is 0 Å². The first-order chi connectivity index (χ1) is 16.6. The van der Waals surface area contributed by atoms with Gasteiger partial charge < -0.3 is 9.30 Å². The van der Waals surface area contributed by atoms with Crippen molar-refractivity contribution in [3.05, 3.63) is 56.8 Å². The molecule has 0 radical (unpaired) electrons. The van der Waals surface area contributed by atoms with Crippen LogP contribution in [0.2, 0.25) is 10.0 Å². The molecule has 4 rings (SSSR count). The number of amides is 1. The lowest BCUT2D eigenvalue weighted by molar-refractivity contribution is -0.141. The average molecular weight is 556 g/mol. The minimum Gasteiger partial charge on any atom is -0.468 e. The zero-order chi connectivity index (χ0) is 25.3. The number of aromatic nitrogens is 1. The molecule has 1 aliphatic rings. The van der Waals surface area contributed by atoms with Crippen molar-refractivity contribution in [2.75, 3.05) is 20.2 Å². The molecule has 0 saturated carbocycles. The molecule has 3 aromatic rings. The first kappa shape index (κ1) is 25.8. The standard InChI is InChI=1S/C23H23Cl2N3O5S2/c1-14-4-3-9-27(12-14)35(31,32)17-7-5-15(6-8-17)22(30)26-23-28(13-20(29)33-2)21-18(25)10-16(24)11-19(21)34-23/h5-8,10-11,14H,3-4,9,12-13H2,1-2H3. The quantitative estimate of drug-likeness (QED) is 0.436. The van der Waals surface area contributed by atoms with E-state index < -0.39 is 21.9 Å². The molecule has 1 aromatic heterocycles. The molecule has 12 heteroatoms. The van der Waals surface area contributed by atoms with Crippen LogP contribution in [0.25, 0.3) is 10.2 Å². The van der Waals surface area contributed by atoms with E-state index in [2.05, 4.69) is 4.99 Å². The van der Waals surface area contributed by atoms with Gasteiger partial charge in [0.15, 0.2) is 4.80 Å². The molecule has 0 bridgehead atoms. The van der Waals surface area contributed by atoms with Crippen molar-refractivity contribution in [3.63, 3.8) is 0 Å². The smallest absolute Gasteiger partial charge is 0.325 e. The number of sulfonamides is 1. The number of carbonyl (C=O) groups excluding carboxylic acids is 2. The van der Waals surface area contributed by atoms with Crippen molar-refractivity contribution in [3.8, 4) is 0 Å². The van der Waals surface area contributed by atoms with Crippen LogP contribution in [0.1, 0.15) is 30.1 Å². The summed E-state index contributed by atoms with van der Waals surface area (Å²) in [4.78, 5) is 29.5. The number of carbonyl (C=O) groups is 2. The summed E-state index contributed by atoms with van der Waals surface area (Å²) in [6.07, 6.45) is 1.83. The molecule has 8 nitrogen and oxygen atoms in total. The lowest BCUT2D eigenvalue weighted by atomic mass is 10.0. The van der Waals surface area contributed by atoms with Crippen LogP contribution in [0.5, 0.6) is 0 Å². The van der Waals surface area contributed by atoms with Gasteiger partial charge >= 0.3 is 5.97 Å². The summed E-state index contributed by atoms with van der Waals surface area (Å²) in [6, 6.07) is 8.93. The number of rotatable bonds is 5. The Bertz CT molecular complexity index is 1460. The van der Waals surface area contributed by atoms with Crippen molar-refractivity contribution in [2.24, 2.45) is 10.9 Å². The van der Waals surface area contributed by atoms with Crippen molar-refractivity contribution in [2.45, 2.75) is 31.2 Å². The monoisotopic (exact) mass is 555 g/mol. The molecule has 1 amide bonds. The lowest BCUT2D eigenvalue weighted by Crippen LogP contribution is -2.39. The molecule has 35 heavy (non-hydrogen) atoms. The van der Waals surface area contributed by atoms with Gasteiger partial charge in [0.2, 0.25) is 10.0 Å². The zero-order valence-electron chi connectivity index (χ0n) is 19.0. The molecule has 2 aromatic carbocycles. The molecular formula is C23H23Cl2N3O5S2. The highest BCUT2D eigenvalue weighted by atomic mass is 35.5. The number of benzene rings is 2. The number of nitrogens with zero attached hydrogens (tertiary/aromatic N) is 3. The Kier molecular flexibility index (Phi) is 7.68. The van der Waals surface area contributed by atoms with E-state index in [0.717, 1.165) is 24.2 Å². The molecule has 186 valence electrons. The Labute approximate surface area is 216 Å². The summed E-state index contributed by atoms with van der Waals surface area (Å²) in [7, 11) is -2.37. The van der Waals surface area contributed by atoms with Crippen LogP contribution >= 0.6 is 34.5 Å². The number of hydrogen-bond donors (Lipinski definition) is 0. The minimum absolute atomic E-state index is 0.132. The second kappa shape index (κ2) is 10.4. The molecule has 1 aliphatic heterocycles.